The molecule has 10 heteroatoms. The number of nitrogens with one attached hydrogen (secondary N) is 1. The van der Waals surface area contributed by atoms with Gasteiger partial charge in [0.1, 0.15) is 5.92 Å². The third kappa shape index (κ3) is 3.15. The van der Waals surface area contributed by atoms with Gasteiger partial charge in [-0.05, 0) is 24.3 Å². The van der Waals surface area contributed by atoms with E-state index in [-0.39, 0.29) is 17.1 Å². The number of rotatable bonds is 3. The highest BCUT2D eigenvalue weighted by molar-refractivity contribution is 5.95. The second kappa shape index (κ2) is 5.00. The summed E-state index contributed by atoms with van der Waals surface area (Å²) in [6.07, 6.45) is -5.23. The Morgan fingerprint density at radius 3 is 2.35 bits per heavy atom. The van der Waals surface area contributed by atoms with Gasteiger partial charge in [-0.15, -0.1) is 0 Å². The van der Waals surface area contributed by atoms with Crippen LogP contribution in [0.25, 0.3) is 11.4 Å². The predicted octanol–water partition coefficient (Wildman–Crippen LogP) is 3.35. The van der Waals surface area contributed by atoms with Crippen LogP contribution in [0.3, 0.4) is 0 Å². The fourth-order valence-electron chi connectivity index (χ4n) is 1.89. The Bertz CT molecular complexity index is 739. The van der Waals surface area contributed by atoms with Crippen LogP contribution >= 0.6 is 0 Å². The summed E-state index contributed by atoms with van der Waals surface area (Å²) in [5.41, 5.74) is 0.458. The lowest BCUT2D eigenvalue weighted by Crippen LogP contribution is -2.17. The first-order valence-electron chi connectivity index (χ1n) is 6.37. The van der Waals surface area contributed by atoms with E-state index in [0.717, 1.165) is 0 Å². The Labute approximate surface area is 125 Å². The average Bonchev–Trinajstić information content (AvgIpc) is 2.88. The summed E-state index contributed by atoms with van der Waals surface area (Å²) >= 11 is 0. The largest absolute Gasteiger partial charge is 0.471 e. The summed E-state index contributed by atoms with van der Waals surface area (Å²) in [5, 5.41) is 5.51. The van der Waals surface area contributed by atoms with Crippen LogP contribution in [0.5, 0.6) is 0 Å². The van der Waals surface area contributed by atoms with Crippen molar-refractivity contribution in [2.24, 2.45) is 5.92 Å². The highest BCUT2D eigenvalue weighted by atomic mass is 19.4. The maximum absolute atomic E-state index is 12.8. The van der Waals surface area contributed by atoms with Crippen LogP contribution in [0.1, 0.15) is 12.3 Å². The standard InChI is InChI=1S/C13H8F5N3O2/c14-12(15)5-8(12)10(22)19-7-3-1-6(2-4-7)9-20-11(23-21-9)13(16,17)18/h1-4,8H,5H2,(H,19,22). The molecular weight excluding hydrogens is 325 g/mol. The second-order valence-corrected chi connectivity index (χ2v) is 5.01. The number of carbonyl (C=O) groups is 1. The van der Waals surface area contributed by atoms with Crippen LogP contribution in [0.4, 0.5) is 27.6 Å². The van der Waals surface area contributed by atoms with E-state index in [1.165, 1.54) is 24.3 Å². The third-order valence-corrected chi connectivity index (χ3v) is 3.22. The molecule has 1 aliphatic rings. The molecule has 2 aromatic rings. The van der Waals surface area contributed by atoms with Crippen LogP contribution in [-0.2, 0) is 11.0 Å². The predicted molar refractivity (Wildman–Crippen MR) is 66.4 cm³/mol. The van der Waals surface area contributed by atoms with Gasteiger partial charge in [-0.25, -0.2) is 8.78 Å². The normalized spacial score (nSPS) is 19.4. The van der Waals surface area contributed by atoms with E-state index in [2.05, 4.69) is 20.0 Å². The van der Waals surface area contributed by atoms with E-state index in [4.69, 9.17) is 0 Å². The van der Waals surface area contributed by atoms with Crippen molar-refractivity contribution in [2.75, 3.05) is 5.32 Å². The first-order chi connectivity index (χ1) is 10.7. The van der Waals surface area contributed by atoms with Gasteiger partial charge in [-0.1, -0.05) is 5.16 Å². The van der Waals surface area contributed by atoms with Crippen molar-refractivity contribution in [1.29, 1.82) is 0 Å². The second-order valence-electron chi connectivity index (χ2n) is 5.01. The lowest BCUT2D eigenvalue weighted by molar-refractivity contribution is -0.159. The number of amides is 1. The molecule has 0 aliphatic heterocycles. The zero-order valence-electron chi connectivity index (χ0n) is 11.2. The first-order valence-corrected chi connectivity index (χ1v) is 6.37. The van der Waals surface area contributed by atoms with Crippen molar-refractivity contribution in [3.05, 3.63) is 30.2 Å². The van der Waals surface area contributed by atoms with Crippen LogP contribution in [0.2, 0.25) is 0 Å². The average molecular weight is 333 g/mol. The lowest BCUT2D eigenvalue weighted by atomic mass is 10.2. The molecule has 1 atom stereocenters. The van der Waals surface area contributed by atoms with Crippen molar-refractivity contribution in [3.63, 3.8) is 0 Å². The molecule has 1 N–H and O–H groups in total. The highest BCUT2D eigenvalue weighted by Gasteiger charge is 2.61. The van der Waals surface area contributed by atoms with Crippen molar-refractivity contribution < 1.29 is 31.3 Å². The van der Waals surface area contributed by atoms with E-state index in [9.17, 15) is 26.7 Å². The minimum atomic E-state index is -4.74. The fourth-order valence-corrected chi connectivity index (χ4v) is 1.89. The van der Waals surface area contributed by atoms with Gasteiger partial charge >= 0.3 is 12.1 Å². The molecule has 1 fully saturated rings. The smallest absolute Gasteiger partial charge is 0.329 e. The molecule has 1 unspecified atom stereocenters. The third-order valence-electron chi connectivity index (χ3n) is 3.22. The Hall–Kier alpha value is -2.52. The molecule has 1 aromatic carbocycles. The number of hydrogen-bond donors (Lipinski definition) is 1. The van der Waals surface area contributed by atoms with Gasteiger partial charge in [0.2, 0.25) is 11.7 Å². The number of carbonyl (C=O) groups excluding carboxylic acids is 1. The Balaban J connectivity index is 1.70. The van der Waals surface area contributed by atoms with Crippen LogP contribution in [-0.4, -0.2) is 22.0 Å². The monoisotopic (exact) mass is 333 g/mol. The molecular formula is C13H8F5N3O2. The van der Waals surface area contributed by atoms with E-state index >= 15 is 0 Å². The molecule has 1 heterocycles. The van der Waals surface area contributed by atoms with E-state index in [1.807, 2.05) is 0 Å². The van der Waals surface area contributed by atoms with Crippen molar-refractivity contribution in [1.82, 2.24) is 10.1 Å². The molecule has 1 aromatic heterocycles. The van der Waals surface area contributed by atoms with E-state index in [1.54, 1.807) is 0 Å². The van der Waals surface area contributed by atoms with Crippen LogP contribution in [0, 0.1) is 5.92 Å². The quantitative estimate of drug-likeness (QED) is 0.875. The molecule has 5 nitrogen and oxygen atoms in total. The number of alkyl halides is 5. The molecule has 23 heavy (non-hydrogen) atoms. The summed E-state index contributed by atoms with van der Waals surface area (Å²) in [6.45, 7) is 0. The van der Waals surface area contributed by atoms with Gasteiger partial charge in [0.25, 0.3) is 5.92 Å². The van der Waals surface area contributed by atoms with Crippen molar-refractivity contribution >= 4 is 11.6 Å². The van der Waals surface area contributed by atoms with Gasteiger partial charge < -0.3 is 9.84 Å². The van der Waals surface area contributed by atoms with Gasteiger partial charge in [-0.2, -0.15) is 18.2 Å². The van der Waals surface area contributed by atoms with Crippen molar-refractivity contribution in [3.8, 4) is 11.4 Å². The van der Waals surface area contributed by atoms with Crippen molar-refractivity contribution in [2.45, 2.75) is 18.5 Å². The Kier molecular flexibility index (Phi) is 3.34. The highest BCUT2D eigenvalue weighted by Crippen LogP contribution is 2.49. The number of nitrogens with zero attached hydrogens (tertiary/aromatic N) is 2. The number of aromatic nitrogens is 2. The summed E-state index contributed by atoms with van der Waals surface area (Å²) in [4.78, 5) is 14.7. The molecule has 1 saturated carbocycles. The van der Waals surface area contributed by atoms with Crippen LogP contribution in [0.15, 0.2) is 28.8 Å². The maximum atomic E-state index is 12.8. The number of hydrogen-bond acceptors (Lipinski definition) is 4. The fraction of sp³-hybridized carbons (Fsp3) is 0.308. The zero-order valence-corrected chi connectivity index (χ0v) is 11.2. The molecule has 0 bridgehead atoms. The molecule has 1 aliphatic carbocycles. The Morgan fingerprint density at radius 1 is 1.26 bits per heavy atom. The Morgan fingerprint density at radius 2 is 1.87 bits per heavy atom. The summed E-state index contributed by atoms with van der Waals surface area (Å²) in [5.74, 6) is -6.86. The SMILES string of the molecule is O=C(Nc1ccc(-c2noc(C(F)(F)F)n2)cc1)C1CC1(F)F. The number of anilines is 1. The lowest BCUT2D eigenvalue weighted by Gasteiger charge is -2.04. The molecule has 1 amide bonds. The number of halogens is 5. The maximum Gasteiger partial charge on any atom is 0.471 e. The van der Waals surface area contributed by atoms with Gasteiger partial charge in [0.15, 0.2) is 0 Å². The minimum Gasteiger partial charge on any atom is -0.329 e. The summed E-state index contributed by atoms with van der Waals surface area (Å²) in [7, 11) is 0. The zero-order chi connectivity index (χ0) is 16.8. The molecule has 3 rings (SSSR count). The minimum absolute atomic E-state index is 0.221. The van der Waals surface area contributed by atoms with E-state index in [0.29, 0.717) is 0 Å². The van der Waals surface area contributed by atoms with Gasteiger partial charge in [0, 0.05) is 17.7 Å². The molecule has 0 radical (unpaired) electrons. The van der Waals surface area contributed by atoms with E-state index < -0.39 is 36.2 Å². The number of benzene rings is 1. The van der Waals surface area contributed by atoms with Gasteiger partial charge in [0.05, 0.1) is 0 Å². The molecule has 0 saturated heterocycles. The molecule has 122 valence electrons. The van der Waals surface area contributed by atoms with Gasteiger partial charge in [-0.3, -0.25) is 4.79 Å². The molecule has 0 spiro atoms. The summed E-state index contributed by atoms with van der Waals surface area (Å²) < 4.78 is 66.7. The topological polar surface area (TPSA) is 68.0 Å². The van der Waals surface area contributed by atoms with Crippen LogP contribution < -0.4 is 5.32 Å². The summed E-state index contributed by atoms with van der Waals surface area (Å²) in [6, 6.07) is 5.37. The first kappa shape index (κ1) is 15.4.